The average Bonchev–Trinajstić information content (AvgIpc) is 3.06. The first-order chi connectivity index (χ1) is 13.5. The second kappa shape index (κ2) is 7.63. The van der Waals surface area contributed by atoms with Crippen LogP contribution in [0.2, 0.25) is 0 Å². The molecule has 150 valence electrons. The van der Waals surface area contributed by atoms with Gasteiger partial charge in [0.05, 0.1) is 19.4 Å². The number of aromatic amines is 1. The molecule has 1 saturated heterocycles. The van der Waals surface area contributed by atoms with Crippen LogP contribution in [-0.2, 0) is 16.0 Å². The van der Waals surface area contributed by atoms with Gasteiger partial charge in [0, 0.05) is 36.6 Å². The summed E-state index contributed by atoms with van der Waals surface area (Å²) in [6.07, 6.45) is 5.17. The summed E-state index contributed by atoms with van der Waals surface area (Å²) in [5.41, 5.74) is 5.00. The summed E-state index contributed by atoms with van der Waals surface area (Å²) in [4.78, 5) is 17.9. The van der Waals surface area contributed by atoms with Crippen molar-refractivity contribution in [3.8, 4) is 5.75 Å². The van der Waals surface area contributed by atoms with Gasteiger partial charge in [0.25, 0.3) is 0 Å². The van der Waals surface area contributed by atoms with Crippen LogP contribution in [-0.4, -0.2) is 36.1 Å². The van der Waals surface area contributed by atoms with Crippen molar-refractivity contribution in [2.75, 3.05) is 20.2 Å². The Labute approximate surface area is 166 Å². The van der Waals surface area contributed by atoms with Crippen molar-refractivity contribution in [3.63, 3.8) is 0 Å². The number of fused-ring (bicyclic) bond motifs is 5. The number of carbonyl (C=O) groups excluding carboxylic acids is 1. The predicted octanol–water partition coefficient (Wildman–Crippen LogP) is 4.59. The quantitative estimate of drug-likeness (QED) is 0.477. The maximum absolute atomic E-state index is 11.6. The number of ether oxygens (including phenoxy) is 2. The molecular formula is C23H30N2O3. The fraction of sp³-hybridized carbons (Fsp3) is 0.522. The molecular weight excluding hydrogens is 352 g/mol. The lowest BCUT2D eigenvalue weighted by Crippen LogP contribution is -2.46. The van der Waals surface area contributed by atoms with Crippen LogP contribution in [0.25, 0.3) is 10.9 Å². The third-order valence-electron chi connectivity index (χ3n) is 6.53. The Morgan fingerprint density at radius 3 is 2.89 bits per heavy atom. The van der Waals surface area contributed by atoms with E-state index in [9.17, 15) is 4.79 Å². The Bertz CT molecular complexity index is 914. The minimum Gasteiger partial charge on any atom is -0.504 e. The molecule has 3 unspecified atom stereocenters. The van der Waals surface area contributed by atoms with Crippen molar-refractivity contribution >= 4 is 16.9 Å². The molecule has 0 radical (unpaired) electrons. The number of nitrogens with one attached hydrogen (secondary N) is 1. The number of aromatic nitrogens is 1. The van der Waals surface area contributed by atoms with Crippen LogP contribution >= 0.6 is 0 Å². The highest BCUT2D eigenvalue weighted by Gasteiger charge is 2.40. The lowest BCUT2D eigenvalue weighted by atomic mass is 9.74. The van der Waals surface area contributed by atoms with E-state index in [0.717, 1.165) is 36.8 Å². The highest BCUT2D eigenvalue weighted by atomic mass is 16.5. The summed E-state index contributed by atoms with van der Waals surface area (Å²) >= 11 is 0. The molecule has 1 N–H and O–H groups in total. The van der Waals surface area contributed by atoms with E-state index in [1.165, 1.54) is 30.2 Å². The summed E-state index contributed by atoms with van der Waals surface area (Å²) in [6.45, 7) is 8.12. The van der Waals surface area contributed by atoms with E-state index in [1.807, 2.05) is 18.4 Å². The second-order valence-corrected chi connectivity index (χ2v) is 8.16. The number of nitrogens with zero attached hydrogens (tertiary/aromatic N) is 1. The summed E-state index contributed by atoms with van der Waals surface area (Å²) < 4.78 is 10.8. The zero-order chi connectivity index (χ0) is 19.8. The van der Waals surface area contributed by atoms with Crippen LogP contribution in [0.15, 0.2) is 30.0 Å². The van der Waals surface area contributed by atoms with Gasteiger partial charge in [-0.2, -0.15) is 0 Å². The second-order valence-electron chi connectivity index (χ2n) is 8.16. The molecule has 4 rings (SSSR count). The van der Waals surface area contributed by atoms with Crippen molar-refractivity contribution in [2.24, 2.45) is 11.8 Å². The largest absolute Gasteiger partial charge is 0.504 e. The summed E-state index contributed by atoms with van der Waals surface area (Å²) in [7, 11) is 1.73. The Balaban J connectivity index is 1.75. The molecule has 5 nitrogen and oxygen atoms in total. The van der Waals surface area contributed by atoms with E-state index >= 15 is 0 Å². The fourth-order valence-corrected chi connectivity index (χ4v) is 5.27. The molecule has 0 bridgehead atoms. The van der Waals surface area contributed by atoms with Gasteiger partial charge in [0.15, 0.2) is 0 Å². The van der Waals surface area contributed by atoms with Crippen LogP contribution in [0.5, 0.6) is 5.75 Å². The molecule has 0 saturated carbocycles. The Kier molecular flexibility index (Phi) is 5.19. The number of piperidine rings is 1. The van der Waals surface area contributed by atoms with Crippen LogP contribution < -0.4 is 4.74 Å². The minimum atomic E-state index is -0.274. The number of methoxy groups -OCH3 is 1. The molecule has 28 heavy (non-hydrogen) atoms. The molecule has 5 heteroatoms. The molecule has 1 aromatic carbocycles. The molecule has 2 aliphatic heterocycles. The molecule has 2 aliphatic rings. The Hall–Kier alpha value is -2.27. The standard InChI is InChI=1S/C23H30N2O3/c1-5-16-12-25-10-9-17-22-19(7-6-8-21(22)28-15(3)26)24-23(17)20(25)11-18(16)14(2)13-27-4/h6-8,13,16,18,20,24H,5,9-12H2,1-4H3/b14-13-. The van der Waals surface area contributed by atoms with Crippen molar-refractivity contribution in [1.82, 2.24) is 9.88 Å². The van der Waals surface area contributed by atoms with Gasteiger partial charge in [-0.1, -0.05) is 19.4 Å². The first-order valence-electron chi connectivity index (χ1n) is 10.3. The molecule has 3 atom stereocenters. The SMILES string of the molecule is CCC1CN2CCc3c([nH]c4cccc(OC(C)=O)c34)C2CC1/C(C)=C\OC. The summed E-state index contributed by atoms with van der Waals surface area (Å²) in [5.74, 6) is 1.58. The van der Waals surface area contributed by atoms with E-state index in [4.69, 9.17) is 9.47 Å². The van der Waals surface area contributed by atoms with Gasteiger partial charge < -0.3 is 14.5 Å². The number of rotatable bonds is 4. The molecule has 3 heterocycles. The lowest BCUT2D eigenvalue weighted by molar-refractivity contribution is -0.131. The lowest BCUT2D eigenvalue weighted by Gasteiger charge is -2.46. The zero-order valence-electron chi connectivity index (χ0n) is 17.2. The van der Waals surface area contributed by atoms with E-state index in [2.05, 4.69) is 29.8 Å². The molecule has 0 spiro atoms. The van der Waals surface area contributed by atoms with Crippen molar-refractivity contribution in [2.45, 2.75) is 46.1 Å². The summed E-state index contributed by atoms with van der Waals surface area (Å²) in [5, 5.41) is 1.07. The third kappa shape index (κ3) is 3.22. The molecule has 0 aliphatic carbocycles. The highest BCUT2D eigenvalue weighted by Crippen LogP contribution is 2.46. The zero-order valence-corrected chi connectivity index (χ0v) is 17.2. The monoisotopic (exact) mass is 382 g/mol. The van der Waals surface area contributed by atoms with Crippen molar-refractivity contribution < 1.29 is 14.3 Å². The fourth-order valence-electron chi connectivity index (χ4n) is 5.27. The first-order valence-corrected chi connectivity index (χ1v) is 10.3. The van der Waals surface area contributed by atoms with E-state index < -0.39 is 0 Å². The van der Waals surface area contributed by atoms with E-state index in [-0.39, 0.29) is 5.97 Å². The number of benzene rings is 1. The normalized spacial score (nSPS) is 25.3. The maximum Gasteiger partial charge on any atom is 0.308 e. The van der Waals surface area contributed by atoms with Crippen LogP contribution in [0.3, 0.4) is 0 Å². The van der Waals surface area contributed by atoms with Gasteiger partial charge in [-0.3, -0.25) is 9.69 Å². The molecule has 2 aromatic rings. The highest BCUT2D eigenvalue weighted by molar-refractivity contribution is 5.92. The Morgan fingerprint density at radius 1 is 1.36 bits per heavy atom. The number of hydrogen-bond acceptors (Lipinski definition) is 4. The number of esters is 1. The van der Waals surface area contributed by atoms with Gasteiger partial charge in [-0.05, 0) is 54.9 Å². The first kappa shape index (κ1) is 19.1. The maximum atomic E-state index is 11.6. The third-order valence-corrected chi connectivity index (χ3v) is 6.53. The number of H-pyrrole nitrogens is 1. The number of hydrogen-bond donors (Lipinski definition) is 1. The smallest absolute Gasteiger partial charge is 0.308 e. The van der Waals surface area contributed by atoms with Gasteiger partial charge in [0.2, 0.25) is 0 Å². The van der Waals surface area contributed by atoms with Gasteiger partial charge in [-0.25, -0.2) is 0 Å². The van der Waals surface area contributed by atoms with E-state index in [0.29, 0.717) is 23.6 Å². The van der Waals surface area contributed by atoms with Crippen molar-refractivity contribution in [3.05, 3.63) is 41.3 Å². The van der Waals surface area contributed by atoms with Crippen LogP contribution in [0.1, 0.15) is 50.9 Å². The Morgan fingerprint density at radius 2 is 2.18 bits per heavy atom. The van der Waals surface area contributed by atoms with E-state index in [1.54, 1.807) is 7.11 Å². The van der Waals surface area contributed by atoms with Gasteiger partial charge >= 0.3 is 5.97 Å². The molecule has 1 aromatic heterocycles. The van der Waals surface area contributed by atoms with Crippen LogP contribution in [0.4, 0.5) is 0 Å². The number of carbonyl (C=O) groups is 1. The predicted molar refractivity (Wildman–Crippen MR) is 110 cm³/mol. The topological polar surface area (TPSA) is 54.6 Å². The van der Waals surface area contributed by atoms with Gasteiger partial charge in [-0.15, -0.1) is 0 Å². The molecule has 1 fully saturated rings. The van der Waals surface area contributed by atoms with Crippen LogP contribution in [0, 0.1) is 11.8 Å². The minimum absolute atomic E-state index is 0.274. The van der Waals surface area contributed by atoms with Crippen molar-refractivity contribution in [1.29, 1.82) is 0 Å². The van der Waals surface area contributed by atoms with Gasteiger partial charge in [0.1, 0.15) is 5.75 Å². The molecule has 0 amide bonds. The average molecular weight is 383 g/mol. The summed E-state index contributed by atoms with van der Waals surface area (Å²) in [6, 6.07) is 6.29. The number of allylic oxidation sites excluding steroid dienone is 1.